The fourth-order valence-corrected chi connectivity index (χ4v) is 2.08. The lowest BCUT2D eigenvalue weighted by Gasteiger charge is -2.16. The smallest absolute Gasteiger partial charge is 0.288 e. The molecule has 0 aliphatic rings. The van der Waals surface area contributed by atoms with Crippen LogP contribution in [0.4, 0.5) is 11.5 Å². The molecule has 0 bridgehead atoms. The highest BCUT2D eigenvalue weighted by molar-refractivity contribution is 9.10. The van der Waals surface area contributed by atoms with Gasteiger partial charge in [0.25, 0.3) is 5.69 Å². The lowest BCUT2D eigenvalue weighted by Crippen LogP contribution is -2.12. The first-order valence-corrected chi connectivity index (χ1v) is 6.47. The first-order chi connectivity index (χ1) is 9.11. The summed E-state index contributed by atoms with van der Waals surface area (Å²) in [4.78, 5) is 21.4. The summed E-state index contributed by atoms with van der Waals surface area (Å²) in [5.74, 6) is 1.35. The van der Waals surface area contributed by atoms with Crippen molar-refractivity contribution in [2.75, 3.05) is 5.32 Å². The largest absolute Gasteiger partial charge is 0.359 e. The number of anilines is 1. The third kappa shape index (κ3) is 3.08. The zero-order valence-corrected chi connectivity index (χ0v) is 11.7. The van der Waals surface area contributed by atoms with Crippen LogP contribution in [0, 0.1) is 10.1 Å². The topological polar surface area (TPSA) is 96.7 Å². The van der Waals surface area contributed by atoms with Crippen LogP contribution in [0.5, 0.6) is 0 Å². The number of nitrogens with one attached hydrogen (secondary N) is 2. The molecular weight excluding hydrogens is 314 g/mol. The maximum absolute atomic E-state index is 10.6. The second-order valence-electron chi connectivity index (χ2n) is 3.86. The van der Waals surface area contributed by atoms with Gasteiger partial charge in [-0.2, -0.15) is 0 Å². The maximum atomic E-state index is 10.6. The van der Waals surface area contributed by atoms with Crippen LogP contribution in [0.2, 0.25) is 0 Å². The second kappa shape index (κ2) is 5.79. The standard InChI is InChI=1S/C11H12BrN5O2/c1-2-9(11-13-3-4-14-11)16-10-8(12)5-7(6-15-10)17(18)19/h3-6,9H,2H2,1H3,(H,13,14)(H,15,16). The van der Waals surface area contributed by atoms with E-state index in [1.165, 1.54) is 12.3 Å². The van der Waals surface area contributed by atoms with Crippen LogP contribution in [0.15, 0.2) is 29.1 Å². The lowest BCUT2D eigenvalue weighted by molar-refractivity contribution is -0.385. The Kier molecular flexibility index (Phi) is 4.10. The van der Waals surface area contributed by atoms with E-state index in [4.69, 9.17) is 0 Å². The van der Waals surface area contributed by atoms with Crippen molar-refractivity contribution in [2.45, 2.75) is 19.4 Å². The summed E-state index contributed by atoms with van der Waals surface area (Å²) >= 11 is 3.28. The molecule has 2 aromatic rings. The molecule has 19 heavy (non-hydrogen) atoms. The summed E-state index contributed by atoms with van der Waals surface area (Å²) < 4.78 is 0.548. The molecule has 7 nitrogen and oxygen atoms in total. The summed E-state index contributed by atoms with van der Waals surface area (Å²) in [6, 6.07) is 1.39. The number of rotatable bonds is 5. The predicted molar refractivity (Wildman–Crippen MR) is 73.8 cm³/mol. The number of nitro groups is 1. The van der Waals surface area contributed by atoms with E-state index in [9.17, 15) is 10.1 Å². The van der Waals surface area contributed by atoms with E-state index in [1.54, 1.807) is 12.4 Å². The summed E-state index contributed by atoms with van der Waals surface area (Å²) in [5, 5.41) is 13.8. The van der Waals surface area contributed by atoms with Gasteiger partial charge in [-0.05, 0) is 22.4 Å². The molecule has 1 unspecified atom stereocenters. The molecular formula is C11H12BrN5O2. The molecule has 0 radical (unpaired) electrons. The van der Waals surface area contributed by atoms with E-state index in [0.29, 0.717) is 10.3 Å². The maximum Gasteiger partial charge on any atom is 0.288 e. The van der Waals surface area contributed by atoms with E-state index in [2.05, 4.69) is 36.2 Å². The van der Waals surface area contributed by atoms with Gasteiger partial charge in [0.15, 0.2) is 0 Å². The summed E-state index contributed by atoms with van der Waals surface area (Å²) in [5.41, 5.74) is -0.0523. The number of pyridine rings is 1. The number of imidazole rings is 1. The minimum Gasteiger partial charge on any atom is -0.359 e. The molecule has 2 N–H and O–H groups in total. The SMILES string of the molecule is CCC(Nc1ncc([N+](=O)[O-])cc1Br)c1ncc[nH]1. The number of hydrogen-bond acceptors (Lipinski definition) is 5. The molecule has 0 aromatic carbocycles. The fourth-order valence-electron chi connectivity index (χ4n) is 1.63. The van der Waals surface area contributed by atoms with Crippen molar-refractivity contribution in [2.24, 2.45) is 0 Å². The Morgan fingerprint density at radius 1 is 1.58 bits per heavy atom. The molecule has 0 aliphatic carbocycles. The molecule has 2 aromatic heterocycles. The number of aromatic amines is 1. The van der Waals surface area contributed by atoms with E-state index >= 15 is 0 Å². The fraction of sp³-hybridized carbons (Fsp3) is 0.273. The molecule has 1 atom stereocenters. The van der Waals surface area contributed by atoms with Crippen molar-refractivity contribution >= 4 is 27.4 Å². The molecule has 0 spiro atoms. The number of H-pyrrole nitrogens is 1. The van der Waals surface area contributed by atoms with Crippen LogP contribution in [0.3, 0.4) is 0 Å². The molecule has 0 aliphatic heterocycles. The van der Waals surface area contributed by atoms with Crippen molar-refractivity contribution in [1.82, 2.24) is 15.0 Å². The van der Waals surface area contributed by atoms with Gasteiger partial charge < -0.3 is 10.3 Å². The van der Waals surface area contributed by atoms with Gasteiger partial charge in [0.1, 0.15) is 17.8 Å². The van der Waals surface area contributed by atoms with Crippen molar-refractivity contribution in [1.29, 1.82) is 0 Å². The Morgan fingerprint density at radius 2 is 2.37 bits per heavy atom. The van der Waals surface area contributed by atoms with Gasteiger partial charge in [0.05, 0.1) is 15.4 Å². The van der Waals surface area contributed by atoms with Crippen LogP contribution < -0.4 is 5.32 Å². The third-order valence-electron chi connectivity index (χ3n) is 2.61. The van der Waals surface area contributed by atoms with Crippen molar-refractivity contribution in [3.05, 3.63) is 45.1 Å². The highest BCUT2D eigenvalue weighted by Crippen LogP contribution is 2.27. The average molecular weight is 326 g/mol. The Balaban J connectivity index is 2.21. The van der Waals surface area contributed by atoms with Crippen LogP contribution in [-0.4, -0.2) is 19.9 Å². The van der Waals surface area contributed by atoms with Gasteiger partial charge in [-0.3, -0.25) is 10.1 Å². The summed E-state index contributed by atoms with van der Waals surface area (Å²) in [6.45, 7) is 2.01. The van der Waals surface area contributed by atoms with Gasteiger partial charge in [-0.25, -0.2) is 9.97 Å². The number of hydrogen-bond donors (Lipinski definition) is 2. The first kappa shape index (κ1) is 13.5. The summed E-state index contributed by atoms with van der Waals surface area (Å²) in [6.07, 6.45) is 5.45. The Labute approximate surface area is 117 Å². The zero-order chi connectivity index (χ0) is 13.8. The van der Waals surface area contributed by atoms with Crippen molar-refractivity contribution in [3.8, 4) is 0 Å². The van der Waals surface area contributed by atoms with E-state index in [1.807, 2.05) is 6.92 Å². The Bertz CT molecular complexity index is 572. The molecule has 100 valence electrons. The number of aromatic nitrogens is 3. The van der Waals surface area contributed by atoms with Crippen molar-refractivity contribution < 1.29 is 4.92 Å². The molecule has 0 amide bonds. The van der Waals surface area contributed by atoms with Gasteiger partial charge in [0, 0.05) is 18.5 Å². The number of nitrogens with zero attached hydrogens (tertiary/aromatic N) is 3. The zero-order valence-electron chi connectivity index (χ0n) is 10.1. The highest BCUT2D eigenvalue weighted by atomic mass is 79.9. The Morgan fingerprint density at radius 3 is 2.89 bits per heavy atom. The van der Waals surface area contributed by atoms with Crippen LogP contribution in [0.25, 0.3) is 0 Å². The van der Waals surface area contributed by atoms with E-state index < -0.39 is 4.92 Å². The quantitative estimate of drug-likeness (QED) is 0.650. The van der Waals surface area contributed by atoms with Gasteiger partial charge in [-0.15, -0.1) is 0 Å². The van der Waals surface area contributed by atoms with Crippen molar-refractivity contribution in [3.63, 3.8) is 0 Å². The minimum absolute atomic E-state index is 0.0275. The molecule has 8 heteroatoms. The highest BCUT2D eigenvalue weighted by Gasteiger charge is 2.16. The second-order valence-corrected chi connectivity index (χ2v) is 4.71. The number of halogens is 1. The molecule has 0 fully saturated rings. The van der Waals surface area contributed by atoms with Gasteiger partial charge in [0.2, 0.25) is 0 Å². The van der Waals surface area contributed by atoms with Gasteiger partial charge >= 0.3 is 0 Å². The van der Waals surface area contributed by atoms with Gasteiger partial charge in [-0.1, -0.05) is 6.92 Å². The molecule has 2 rings (SSSR count). The summed E-state index contributed by atoms with van der Waals surface area (Å²) in [7, 11) is 0. The van der Waals surface area contributed by atoms with Crippen LogP contribution >= 0.6 is 15.9 Å². The first-order valence-electron chi connectivity index (χ1n) is 5.67. The van der Waals surface area contributed by atoms with Crippen LogP contribution in [0.1, 0.15) is 25.2 Å². The monoisotopic (exact) mass is 325 g/mol. The predicted octanol–water partition coefficient (Wildman–Crippen LogP) is 3.04. The minimum atomic E-state index is -0.481. The van der Waals surface area contributed by atoms with Crippen LogP contribution in [-0.2, 0) is 0 Å². The molecule has 2 heterocycles. The average Bonchev–Trinajstić information content (AvgIpc) is 2.91. The normalized spacial score (nSPS) is 12.1. The molecule has 0 saturated carbocycles. The lowest BCUT2D eigenvalue weighted by atomic mass is 10.2. The third-order valence-corrected chi connectivity index (χ3v) is 3.21. The molecule has 0 saturated heterocycles. The Hall–Kier alpha value is -1.96. The van der Waals surface area contributed by atoms with E-state index in [0.717, 1.165) is 12.2 Å². The van der Waals surface area contributed by atoms with E-state index in [-0.39, 0.29) is 11.7 Å².